The van der Waals surface area contributed by atoms with E-state index in [0.717, 1.165) is 6.08 Å². The van der Waals surface area contributed by atoms with Gasteiger partial charge in [0.15, 0.2) is 11.6 Å². The molecule has 0 saturated carbocycles. The van der Waals surface area contributed by atoms with Crippen molar-refractivity contribution < 1.29 is 14.7 Å². The van der Waals surface area contributed by atoms with Crippen molar-refractivity contribution in [2.45, 2.75) is 6.92 Å². The second-order valence-electron chi connectivity index (χ2n) is 3.38. The van der Waals surface area contributed by atoms with Gasteiger partial charge in [0.25, 0.3) is 0 Å². The third-order valence-electron chi connectivity index (χ3n) is 2.11. The van der Waals surface area contributed by atoms with Gasteiger partial charge in [0.05, 0.1) is 5.56 Å². The Balaban J connectivity index is 3.46. The van der Waals surface area contributed by atoms with Crippen molar-refractivity contribution in [3.05, 3.63) is 54.1 Å². The maximum absolute atomic E-state index is 11.8. The molecule has 0 heterocycles. The van der Waals surface area contributed by atoms with E-state index in [1.807, 2.05) is 0 Å². The number of benzene rings is 1. The fourth-order valence-electron chi connectivity index (χ4n) is 1.31. The van der Waals surface area contributed by atoms with E-state index in [1.54, 1.807) is 0 Å². The second kappa shape index (κ2) is 4.57. The number of hydrogen-bond acceptors (Lipinski definition) is 3. The number of rotatable bonds is 4. The minimum atomic E-state index is -0.441. The van der Waals surface area contributed by atoms with Gasteiger partial charge < -0.3 is 5.11 Å². The zero-order chi connectivity index (χ0) is 12.3. The lowest BCUT2D eigenvalue weighted by Crippen LogP contribution is -2.08. The zero-order valence-corrected chi connectivity index (χ0v) is 8.99. The van der Waals surface area contributed by atoms with E-state index in [0.29, 0.717) is 0 Å². The summed E-state index contributed by atoms with van der Waals surface area (Å²) in [5.41, 5.74) is 0.391. The molecule has 1 aromatic carbocycles. The Morgan fingerprint density at radius 3 is 2.50 bits per heavy atom. The Labute approximate surface area is 93.7 Å². The topological polar surface area (TPSA) is 54.4 Å². The van der Waals surface area contributed by atoms with Crippen molar-refractivity contribution in [3.63, 3.8) is 0 Å². The first-order valence-corrected chi connectivity index (χ1v) is 4.68. The largest absolute Gasteiger partial charge is 0.507 e. The molecule has 0 aliphatic heterocycles. The molecule has 1 N–H and O–H groups in total. The van der Waals surface area contributed by atoms with Gasteiger partial charge in [-0.05, 0) is 24.6 Å². The lowest BCUT2D eigenvalue weighted by molar-refractivity contribution is 0.100. The van der Waals surface area contributed by atoms with Crippen LogP contribution in [0.25, 0.3) is 0 Å². The lowest BCUT2D eigenvalue weighted by atomic mass is 9.96. The maximum atomic E-state index is 11.8. The maximum Gasteiger partial charge on any atom is 0.192 e. The van der Waals surface area contributed by atoms with Crippen LogP contribution < -0.4 is 0 Å². The van der Waals surface area contributed by atoms with E-state index < -0.39 is 11.6 Å². The minimum Gasteiger partial charge on any atom is -0.507 e. The first-order chi connectivity index (χ1) is 7.49. The number of allylic oxidation sites excluding steroid dienone is 2. The number of phenolic OH excluding ortho intramolecular Hbond substituents is 1. The lowest BCUT2D eigenvalue weighted by Gasteiger charge is -2.07. The highest BCUT2D eigenvalue weighted by Gasteiger charge is 2.19. The van der Waals surface area contributed by atoms with Crippen molar-refractivity contribution >= 4 is 11.6 Å². The Morgan fingerprint density at radius 2 is 2.00 bits per heavy atom. The monoisotopic (exact) mass is 216 g/mol. The van der Waals surface area contributed by atoms with Crippen LogP contribution in [0, 0.1) is 0 Å². The number of Topliss-reactive ketones (excluding diaryl/α,β-unsaturated/α-hetero) is 1. The van der Waals surface area contributed by atoms with E-state index in [1.165, 1.54) is 25.1 Å². The summed E-state index contributed by atoms with van der Waals surface area (Å²) in [5, 5.41) is 9.61. The van der Waals surface area contributed by atoms with E-state index >= 15 is 0 Å². The molecule has 0 atom stereocenters. The van der Waals surface area contributed by atoms with Crippen LogP contribution in [0.2, 0.25) is 0 Å². The molecule has 1 rings (SSSR count). The van der Waals surface area contributed by atoms with Gasteiger partial charge in [0.2, 0.25) is 0 Å². The van der Waals surface area contributed by atoms with Crippen LogP contribution in [-0.4, -0.2) is 16.7 Å². The van der Waals surface area contributed by atoms with Gasteiger partial charge in [-0.1, -0.05) is 25.3 Å². The summed E-state index contributed by atoms with van der Waals surface area (Å²) in [4.78, 5) is 23.3. The van der Waals surface area contributed by atoms with Gasteiger partial charge in [0, 0.05) is 5.56 Å². The zero-order valence-electron chi connectivity index (χ0n) is 8.99. The average Bonchev–Trinajstić information content (AvgIpc) is 2.26. The first kappa shape index (κ1) is 11.9. The smallest absolute Gasteiger partial charge is 0.192 e. The van der Waals surface area contributed by atoms with Gasteiger partial charge in [-0.15, -0.1) is 0 Å². The van der Waals surface area contributed by atoms with Crippen LogP contribution >= 0.6 is 0 Å². The van der Waals surface area contributed by atoms with E-state index in [4.69, 9.17) is 0 Å². The Hall–Kier alpha value is -2.16. The van der Waals surface area contributed by atoms with Crippen LogP contribution in [-0.2, 0) is 0 Å². The van der Waals surface area contributed by atoms with E-state index in [9.17, 15) is 14.7 Å². The molecule has 0 bridgehead atoms. The van der Waals surface area contributed by atoms with E-state index in [-0.39, 0.29) is 22.4 Å². The highest BCUT2D eigenvalue weighted by Crippen LogP contribution is 2.24. The van der Waals surface area contributed by atoms with Crippen LogP contribution in [0.3, 0.4) is 0 Å². The summed E-state index contributed by atoms with van der Waals surface area (Å²) < 4.78 is 0. The van der Waals surface area contributed by atoms with Crippen LogP contribution in [0.4, 0.5) is 0 Å². The quantitative estimate of drug-likeness (QED) is 0.621. The summed E-state index contributed by atoms with van der Waals surface area (Å²) >= 11 is 0. The normalized spacial score (nSPS) is 9.56. The molecule has 0 unspecified atom stereocenters. The van der Waals surface area contributed by atoms with Crippen molar-refractivity contribution in [2.24, 2.45) is 0 Å². The SMILES string of the molecule is C=CC(=O)c1cccc(O)c1C(=O)C(=C)C. The standard InChI is InChI=1S/C13H12O3/c1-4-10(14)9-6-5-7-11(15)12(9)13(16)8(2)3/h4-7,15H,1-2H2,3H3. The van der Waals surface area contributed by atoms with Crippen LogP contribution in [0.15, 0.2) is 43.0 Å². The van der Waals surface area contributed by atoms with E-state index in [2.05, 4.69) is 13.2 Å². The van der Waals surface area contributed by atoms with Crippen molar-refractivity contribution in [3.8, 4) is 5.75 Å². The summed E-state index contributed by atoms with van der Waals surface area (Å²) in [7, 11) is 0. The molecule has 0 radical (unpaired) electrons. The number of hydrogen-bond donors (Lipinski definition) is 1. The fraction of sp³-hybridized carbons (Fsp3) is 0.0769. The van der Waals surface area contributed by atoms with Crippen molar-refractivity contribution in [1.82, 2.24) is 0 Å². The molecule has 3 nitrogen and oxygen atoms in total. The molecule has 0 fully saturated rings. The van der Waals surface area contributed by atoms with Gasteiger partial charge in [-0.25, -0.2) is 0 Å². The van der Waals surface area contributed by atoms with Crippen LogP contribution in [0.5, 0.6) is 5.75 Å². The molecule has 0 aromatic heterocycles. The second-order valence-corrected chi connectivity index (χ2v) is 3.38. The first-order valence-electron chi connectivity index (χ1n) is 4.68. The summed E-state index contributed by atoms with van der Waals surface area (Å²) in [6.07, 6.45) is 1.10. The van der Waals surface area contributed by atoms with Gasteiger partial charge in [-0.2, -0.15) is 0 Å². The molecule has 1 aromatic rings. The number of ketones is 2. The Morgan fingerprint density at radius 1 is 1.38 bits per heavy atom. The molecule has 82 valence electrons. The molecule has 0 aliphatic rings. The third kappa shape index (κ3) is 2.08. The molecule has 16 heavy (non-hydrogen) atoms. The number of phenols is 1. The number of carbonyl (C=O) groups is 2. The van der Waals surface area contributed by atoms with Gasteiger partial charge in [0.1, 0.15) is 5.75 Å². The molecule has 0 aliphatic carbocycles. The molecule has 0 saturated heterocycles. The number of carbonyl (C=O) groups excluding carboxylic acids is 2. The molecule has 0 spiro atoms. The highest BCUT2D eigenvalue weighted by molar-refractivity contribution is 6.18. The third-order valence-corrected chi connectivity index (χ3v) is 2.11. The fourth-order valence-corrected chi connectivity index (χ4v) is 1.31. The number of aromatic hydroxyl groups is 1. The summed E-state index contributed by atoms with van der Waals surface area (Å²) in [6.45, 7) is 8.37. The predicted octanol–water partition coefficient (Wildman–Crippen LogP) is 2.52. The predicted molar refractivity (Wildman–Crippen MR) is 61.8 cm³/mol. The highest BCUT2D eigenvalue weighted by atomic mass is 16.3. The summed E-state index contributed by atoms with van der Waals surface area (Å²) in [5.74, 6) is -1.07. The van der Waals surface area contributed by atoms with Crippen LogP contribution in [0.1, 0.15) is 27.6 Å². The van der Waals surface area contributed by atoms with Gasteiger partial charge >= 0.3 is 0 Å². The molecule has 3 heteroatoms. The van der Waals surface area contributed by atoms with Gasteiger partial charge in [-0.3, -0.25) is 9.59 Å². The summed E-state index contributed by atoms with van der Waals surface area (Å²) in [6, 6.07) is 4.33. The van der Waals surface area contributed by atoms with Crippen molar-refractivity contribution in [2.75, 3.05) is 0 Å². The molecular formula is C13H12O3. The molecular weight excluding hydrogens is 204 g/mol. The average molecular weight is 216 g/mol. The Bertz CT molecular complexity index is 484. The Kier molecular flexibility index (Phi) is 3.40. The minimum absolute atomic E-state index is 0.0140. The molecule has 0 amide bonds. The van der Waals surface area contributed by atoms with Crippen molar-refractivity contribution in [1.29, 1.82) is 0 Å².